The van der Waals surface area contributed by atoms with Gasteiger partial charge in [0.2, 0.25) is 5.91 Å². The molecule has 1 heterocycles. The summed E-state index contributed by atoms with van der Waals surface area (Å²) in [4.78, 5) is 12.2. The molecule has 0 radical (unpaired) electrons. The van der Waals surface area contributed by atoms with Gasteiger partial charge in [-0.25, -0.2) is 0 Å². The first-order valence-electron chi connectivity index (χ1n) is 9.26. The van der Waals surface area contributed by atoms with Crippen molar-refractivity contribution in [3.05, 3.63) is 35.1 Å². The van der Waals surface area contributed by atoms with Crippen molar-refractivity contribution in [3.63, 3.8) is 0 Å². The van der Waals surface area contributed by atoms with Crippen LogP contribution >= 0.6 is 23.4 Å². The van der Waals surface area contributed by atoms with Gasteiger partial charge in [0.25, 0.3) is 0 Å². The summed E-state index contributed by atoms with van der Waals surface area (Å²) in [5, 5.41) is 13.0. The summed E-state index contributed by atoms with van der Waals surface area (Å²) in [6.07, 6.45) is 7.60. The normalized spacial score (nSPS) is 15.2. The van der Waals surface area contributed by atoms with Gasteiger partial charge in [0.1, 0.15) is 5.82 Å². The van der Waals surface area contributed by atoms with Gasteiger partial charge in [-0.05, 0) is 31.0 Å². The first-order chi connectivity index (χ1) is 12.7. The predicted molar refractivity (Wildman–Crippen MR) is 107 cm³/mol. The van der Waals surface area contributed by atoms with E-state index in [9.17, 15) is 4.79 Å². The molecule has 0 unspecified atom stereocenters. The first-order valence-corrected chi connectivity index (χ1v) is 10.6. The Balaban J connectivity index is 1.56. The highest BCUT2D eigenvalue weighted by Gasteiger charge is 2.19. The quantitative estimate of drug-likeness (QED) is 0.687. The van der Waals surface area contributed by atoms with Crippen molar-refractivity contribution in [3.8, 4) is 0 Å². The van der Waals surface area contributed by atoms with E-state index in [1.807, 2.05) is 12.1 Å². The van der Waals surface area contributed by atoms with Crippen LogP contribution < -0.4 is 5.32 Å². The van der Waals surface area contributed by atoms with E-state index in [-0.39, 0.29) is 5.91 Å². The third-order valence-electron chi connectivity index (χ3n) is 4.75. The molecule has 5 nitrogen and oxygen atoms in total. The number of anilines is 1. The largest absolute Gasteiger partial charge is 0.325 e. The van der Waals surface area contributed by atoms with Gasteiger partial charge >= 0.3 is 0 Å². The van der Waals surface area contributed by atoms with Crippen LogP contribution in [0.1, 0.15) is 44.9 Å². The Kier molecular flexibility index (Phi) is 6.97. The van der Waals surface area contributed by atoms with Crippen molar-refractivity contribution in [1.82, 2.24) is 14.8 Å². The maximum atomic E-state index is 12.2. The van der Waals surface area contributed by atoms with E-state index >= 15 is 0 Å². The van der Waals surface area contributed by atoms with Gasteiger partial charge in [0, 0.05) is 23.7 Å². The summed E-state index contributed by atoms with van der Waals surface area (Å²) >= 11 is 7.38. The summed E-state index contributed by atoms with van der Waals surface area (Å²) in [7, 11) is 0. The SMILES string of the molecule is CCn1c(CC2CCCCC2)nnc1SCC(=O)Nc1cccc(Cl)c1. The van der Waals surface area contributed by atoms with E-state index in [2.05, 4.69) is 27.0 Å². The van der Waals surface area contributed by atoms with Crippen LogP contribution in [0.25, 0.3) is 0 Å². The number of hydrogen-bond donors (Lipinski definition) is 1. The number of amides is 1. The molecule has 0 aliphatic heterocycles. The Bertz CT molecular complexity index is 743. The van der Waals surface area contributed by atoms with E-state index in [1.165, 1.54) is 43.9 Å². The molecule has 7 heteroatoms. The van der Waals surface area contributed by atoms with Crippen molar-refractivity contribution < 1.29 is 4.79 Å². The molecule has 1 aromatic carbocycles. The van der Waals surface area contributed by atoms with Gasteiger partial charge in [-0.2, -0.15) is 0 Å². The Hall–Kier alpha value is -1.53. The van der Waals surface area contributed by atoms with E-state index in [4.69, 9.17) is 11.6 Å². The van der Waals surface area contributed by atoms with Gasteiger partial charge in [-0.1, -0.05) is 61.5 Å². The van der Waals surface area contributed by atoms with Gasteiger partial charge in [-0.15, -0.1) is 10.2 Å². The number of nitrogens with one attached hydrogen (secondary N) is 1. The molecule has 2 aromatic rings. The fourth-order valence-electron chi connectivity index (χ4n) is 3.44. The zero-order chi connectivity index (χ0) is 18.4. The Labute approximate surface area is 163 Å². The highest BCUT2D eigenvalue weighted by atomic mass is 35.5. The molecule has 0 bridgehead atoms. The third kappa shape index (κ3) is 5.24. The molecule has 1 aliphatic carbocycles. The number of halogens is 1. The lowest BCUT2D eigenvalue weighted by Crippen LogP contribution is -2.15. The molecular formula is C19H25ClN4OS. The maximum absolute atomic E-state index is 12.2. The molecule has 1 amide bonds. The van der Waals surface area contributed by atoms with Crippen molar-refractivity contribution in [2.75, 3.05) is 11.1 Å². The molecule has 0 spiro atoms. The third-order valence-corrected chi connectivity index (χ3v) is 5.95. The number of aromatic nitrogens is 3. The highest BCUT2D eigenvalue weighted by Crippen LogP contribution is 2.27. The summed E-state index contributed by atoms with van der Waals surface area (Å²) in [6.45, 7) is 2.93. The standard InChI is InChI=1S/C19H25ClN4OS/c1-2-24-17(11-14-7-4-3-5-8-14)22-23-19(24)26-13-18(25)21-16-10-6-9-15(20)12-16/h6,9-10,12,14H,2-5,7-8,11,13H2,1H3,(H,21,25). The summed E-state index contributed by atoms with van der Waals surface area (Å²) in [6, 6.07) is 7.16. The van der Waals surface area contributed by atoms with Crippen LogP contribution in [-0.2, 0) is 17.8 Å². The highest BCUT2D eigenvalue weighted by molar-refractivity contribution is 7.99. The Morgan fingerprint density at radius 1 is 1.31 bits per heavy atom. The molecule has 1 fully saturated rings. The van der Waals surface area contributed by atoms with Crippen LogP contribution in [-0.4, -0.2) is 26.4 Å². The summed E-state index contributed by atoms with van der Waals surface area (Å²) in [5.74, 6) is 2.00. The molecule has 1 aromatic heterocycles. The van der Waals surface area contributed by atoms with E-state index < -0.39 is 0 Å². The van der Waals surface area contributed by atoms with Crippen molar-refractivity contribution in [2.24, 2.45) is 5.92 Å². The minimum absolute atomic E-state index is 0.0725. The average molecular weight is 393 g/mol. The molecule has 1 aliphatic rings. The lowest BCUT2D eigenvalue weighted by atomic mass is 9.87. The Morgan fingerprint density at radius 2 is 2.12 bits per heavy atom. The number of carbonyl (C=O) groups excluding carboxylic acids is 1. The predicted octanol–water partition coefficient (Wildman–Crippen LogP) is 4.81. The van der Waals surface area contributed by atoms with Crippen molar-refractivity contribution in [1.29, 1.82) is 0 Å². The maximum Gasteiger partial charge on any atom is 0.234 e. The number of rotatable bonds is 7. The smallest absolute Gasteiger partial charge is 0.234 e. The summed E-state index contributed by atoms with van der Waals surface area (Å²) < 4.78 is 2.14. The van der Waals surface area contributed by atoms with E-state index in [0.29, 0.717) is 16.5 Å². The fraction of sp³-hybridized carbons (Fsp3) is 0.526. The fourth-order valence-corrected chi connectivity index (χ4v) is 4.45. The van der Waals surface area contributed by atoms with Crippen molar-refractivity contribution >= 4 is 35.0 Å². The molecule has 26 heavy (non-hydrogen) atoms. The van der Waals surface area contributed by atoms with Crippen LogP contribution in [0.4, 0.5) is 5.69 Å². The number of thioether (sulfide) groups is 1. The lowest BCUT2D eigenvalue weighted by molar-refractivity contribution is -0.113. The second-order valence-corrected chi connectivity index (χ2v) is 8.08. The van der Waals surface area contributed by atoms with Crippen LogP contribution in [0.3, 0.4) is 0 Å². The minimum Gasteiger partial charge on any atom is -0.325 e. The van der Waals surface area contributed by atoms with E-state index in [1.54, 1.807) is 12.1 Å². The molecule has 1 saturated carbocycles. The topological polar surface area (TPSA) is 59.8 Å². The number of hydrogen-bond acceptors (Lipinski definition) is 4. The second-order valence-electron chi connectivity index (χ2n) is 6.70. The Morgan fingerprint density at radius 3 is 2.85 bits per heavy atom. The van der Waals surface area contributed by atoms with Crippen LogP contribution in [0.5, 0.6) is 0 Å². The zero-order valence-electron chi connectivity index (χ0n) is 15.1. The minimum atomic E-state index is -0.0725. The van der Waals surface area contributed by atoms with Gasteiger partial charge < -0.3 is 9.88 Å². The molecule has 140 valence electrons. The van der Waals surface area contributed by atoms with Crippen LogP contribution in [0.15, 0.2) is 29.4 Å². The van der Waals surface area contributed by atoms with Gasteiger partial charge in [0.05, 0.1) is 5.75 Å². The number of benzene rings is 1. The summed E-state index contributed by atoms with van der Waals surface area (Å²) in [5.41, 5.74) is 0.707. The van der Waals surface area contributed by atoms with Gasteiger partial charge in [0.15, 0.2) is 5.16 Å². The zero-order valence-corrected chi connectivity index (χ0v) is 16.7. The molecular weight excluding hydrogens is 368 g/mol. The lowest BCUT2D eigenvalue weighted by Gasteiger charge is -2.21. The van der Waals surface area contributed by atoms with Crippen molar-refractivity contribution in [2.45, 2.75) is 57.1 Å². The molecule has 3 rings (SSSR count). The molecule has 0 atom stereocenters. The number of carbonyl (C=O) groups is 1. The average Bonchev–Trinajstić information content (AvgIpc) is 3.02. The van der Waals surface area contributed by atoms with Gasteiger partial charge in [-0.3, -0.25) is 4.79 Å². The second kappa shape index (κ2) is 9.42. The van der Waals surface area contributed by atoms with Crippen LogP contribution in [0, 0.1) is 5.92 Å². The monoisotopic (exact) mass is 392 g/mol. The first kappa shape index (κ1) is 19.2. The van der Waals surface area contributed by atoms with Crippen LogP contribution in [0.2, 0.25) is 5.02 Å². The van der Waals surface area contributed by atoms with E-state index in [0.717, 1.165) is 29.9 Å². The molecule has 1 N–H and O–H groups in total. The molecule has 0 saturated heterocycles. The number of nitrogens with zero attached hydrogens (tertiary/aromatic N) is 3.